The molecule has 0 aliphatic carbocycles. The quantitative estimate of drug-likeness (QED) is 0.722. The van der Waals surface area contributed by atoms with Crippen LogP contribution >= 0.6 is 11.3 Å². The average molecular weight is 381 g/mol. The van der Waals surface area contributed by atoms with Crippen LogP contribution in [0.15, 0.2) is 47.2 Å². The van der Waals surface area contributed by atoms with Crippen LogP contribution in [-0.4, -0.2) is 44.0 Å². The van der Waals surface area contributed by atoms with Gasteiger partial charge in [0.15, 0.2) is 0 Å². The van der Waals surface area contributed by atoms with Crippen LogP contribution < -0.4 is 4.74 Å². The first-order valence-electron chi connectivity index (χ1n) is 7.43. The van der Waals surface area contributed by atoms with Crippen LogP contribution in [0.4, 0.5) is 0 Å². The zero-order valence-electron chi connectivity index (χ0n) is 13.7. The fraction of sp³-hybridized carbons (Fsp3) is 0.235. The number of hydrogen-bond donors (Lipinski definition) is 1. The number of benzene rings is 1. The van der Waals surface area contributed by atoms with E-state index in [1.807, 2.05) is 11.4 Å². The molecule has 6 nitrogen and oxygen atoms in total. The summed E-state index contributed by atoms with van der Waals surface area (Å²) in [5, 5.41) is 11.0. The Kier molecular flexibility index (Phi) is 6.35. The average Bonchev–Trinajstić information content (AvgIpc) is 3.05. The van der Waals surface area contributed by atoms with Crippen LogP contribution in [-0.2, 0) is 21.2 Å². The molecule has 8 heteroatoms. The van der Waals surface area contributed by atoms with Gasteiger partial charge in [0.2, 0.25) is 10.0 Å². The van der Waals surface area contributed by atoms with Crippen molar-refractivity contribution in [3.63, 3.8) is 0 Å². The summed E-state index contributed by atoms with van der Waals surface area (Å²) in [7, 11) is -2.43. The molecule has 0 saturated carbocycles. The SMILES string of the molecule is C=Cc1ccsc1CCN(CC(=O)O)S(=O)(=O)c1ccc(OC)cc1. The summed E-state index contributed by atoms with van der Waals surface area (Å²) in [6.45, 7) is 3.20. The molecule has 0 spiro atoms. The number of hydrogen-bond acceptors (Lipinski definition) is 5. The van der Waals surface area contributed by atoms with Crippen LogP contribution in [0.2, 0.25) is 0 Å². The molecule has 0 saturated heterocycles. The number of carboxylic acid groups (broad SMARTS) is 1. The summed E-state index contributed by atoms with van der Waals surface area (Å²) in [6.07, 6.45) is 2.12. The molecule has 134 valence electrons. The highest BCUT2D eigenvalue weighted by atomic mass is 32.2. The van der Waals surface area contributed by atoms with E-state index < -0.39 is 22.5 Å². The minimum atomic E-state index is -3.92. The lowest BCUT2D eigenvalue weighted by Crippen LogP contribution is -2.37. The van der Waals surface area contributed by atoms with Gasteiger partial charge in [-0.1, -0.05) is 12.7 Å². The van der Waals surface area contributed by atoms with E-state index >= 15 is 0 Å². The molecule has 25 heavy (non-hydrogen) atoms. The topological polar surface area (TPSA) is 83.9 Å². The first-order chi connectivity index (χ1) is 11.9. The summed E-state index contributed by atoms with van der Waals surface area (Å²) >= 11 is 1.49. The Balaban J connectivity index is 2.25. The molecule has 0 aliphatic heterocycles. The van der Waals surface area contributed by atoms with Crippen molar-refractivity contribution in [3.05, 3.63) is 52.7 Å². The molecule has 0 amide bonds. The lowest BCUT2D eigenvalue weighted by Gasteiger charge is -2.20. The predicted octanol–water partition coefficient (Wildman–Crippen LogP) is 2.72. The Morgan fingerprint density at radius 2 is 2.00 bits per heavy atom. The monoisotopic (exact) mass is 381 g/mol. The number of aliphatic carboxylic acids is 1. The molecular weight excluding hydrogens is 362 g/mol. The van der Waals surface area contributed by atoms with Crippen molar-refractivity contribution in [2.45, 2.75) is 11.3 Å². The van der Waals surface area contributed by atoms with Gasteiger partial charge >= 0.3 is 5.97 Å². The highest BCUT2D eigenvalue weighted by Crippen LogP contribution is 2.22. The smallest absolute Gasteiger partial charge is 0.318 e. The number of carbonyl (C=O) groups is 1. The predicted molar refractivity (Wildman–Crippen MR) is 97.5 cm³/mol. The van der Waals surface area contributed by atoms with Crippen molar-refractivity contribution in [3.8, 4) is 5.75 Å². The summed E-state index contributed by atoms with van der Waals surface area (Å²) in [4.78, 5) is 12.1. The summed E-state index contributed by atoms with van der Waals surface area (Å²) < 4.78 is 31.6. The Bertz CT molecular complexity index is 840. The van der Waals surface area contributed by atoms with Gasteiger partial charge in [-0.05, 0) is 47.7 Å². The maximum absolute atomic E-state index is 12.8. The van der Waals surface area contributed by atoms with Crippen molar-refractivity contribution in [1.82, 2.24) is 4.31 Å². The first kappa shape index (κ1) is 19.2. The third-order valence-electron chi connectivity index (χ3n) is 3.60. The van der Waals surface area contributed by atoms with Crippen LogP contribution in [0, 0.1) is 0 Å². The molecule has 1 N–H and O–H groups in total. The van der Waals surface area contributed by atoms with E-state index in [-0.39, 0.29) is 11.4 Å². The lowest BCUT2D eigenvalue weighted by molar-refractivity contribution is -0.137. The highest BCUT2D eigenvalue weighted by Gasteiger charge is 2.26. The van der Waals surface area contributed by atoms with Crippen molar-refractivity contribution >= 4 is 33.4 Å². The van der Waals surface area contributed by atoms with Crippen molar-refractivity contribution in [1.29, 1.82) is 0 Å². The summed E-state index contributed by atoms with van der Waals surface area (Å²) in [5.74, 6) is -0.676. The second kappa shape index (κ2) is 8.28. The molecule has 0 atom stereocenters. The van der Waals surface area contributed by atoms with E-state index in [2.05, 4.69) is 6.58 Å². The van der Waals surface area contributed by atoms with Crippen molar-refractivity contribution in [2.24, 2.45) is 0 Å². The third-order valence-corrected chi connectivity index (χ3v) is 6.45. The fourth-order valence-electron chi connectivity index (χ4n) is 2.29. The second-order valence-corrected chi connectivity index (χ2v) is 8.10. The van der Waals surface area contributed by atoms with Gasteiger partial charge in [-0.3, -0.25) is 4.79 Å². The third kappa shape index (κ3) is 4.68. The largest absolute Gasteiger partial charge is 0.497 e. The second-order valence-electron chi connectivity index (χ2n) is 5.16. The molecule has 1 aromatic heterocycles. The molecule has 2 rings (SSSR count). The van der Waals surface area contributed by atoms with Gasteiger partial charge in [0.25, 0.3) is 0 Å². The van der Waals surface area contributed by atoms with Crippen molar-refractivity contribution in [2.75, 3.05) is 20.2 Å². The van der Waals surface area contributed by atoms with Crippen LogP contribution in [0.1, 0.15) is 10.4 Å². The molecule has 0 unspecified atom stereocenters. The molecule has 1 aromatic carbocycles. The van der Waals surface area contributed by atoms with Crippen LogP contribution in [0.3, 0.4) is 0 Å². The summed E-state index contributed by atoms with van der Waals surface area (Å²) in [6, 6.07) is 7.76. The van der Waals surface area contributed by atoms with Gasteiger partial charge in [-0.15, -0.1) is 11.3 Å². The molecular formula is C17H19NO5S2. The molecule has 1 heterocycles. The Hall–Kier alpha value is -2.16. The van der Waals surface area contributed by atoms with Gasteiger partial charge in [0.05, 0.1) is 12.0 Å². The number of methoxy groups -OCH3 is 1. The number of rotatable bonds is 9. The number of thiophene rings is 1. The zero-order valence-corrected chi connectivity index (χ0v) is 15.3. The van der Waals surface area contributed by atoms with Gasteiger partial charge < -0.3 is 9.84 Å². The molecule has 0 fully saturated rings. The van der Waals surface area contributed by atoms with E-state index in [1.54, 1.807) is 6.08 Å². The maximum atomic E-state index is 12.8. The number of nitrogens with zero attached hydrogens (tertiary/aromatic N) is 1. The Morgan fingerprint density at radius 1 is 1.32 bits per heavy atom. The molecule has 0 aliphatic rings. The van der Waals surface area contributed by atoms with E-state index in [0.29, 0.717) is 12.2 Å². The van der Waals surface area contributed by atoms with Crippen LogP contribution in [0.25, 0.3) is 6.08 Å². The number of ether oxygens (including phenoxy) is 1. The maximum Gasteiger partial charge on any atom is 0.318 e. The number of carboxylic acids is 1. The zero-order chi connectivity index (χ0) is 18.4. The molecule has 2 aromatic rings. The van der Waals surface area contributed by atoms with Gasteiger partial charge in [0, 0.05) is 11.4 Å². The normalized spacial score (nSPS) is 11.4. The minimum Gasteiger partial charge on any atom is -0.497 e. The minimum absolute atomic E-state index is 0.0321. The van der Waals surface area contributed by atoms with Gasteiger partial charge in [0.1, 0.15) is 12.3 Å². The van der Waals surface area contributed by atoms with Gasteiger partial charge in [-0.25, -0.2) is 8.42 Å². The standard InChI is InChI=1S/C17H19NO5S2/c1-3-13-9-11-24-16(13)8-10-18(12-17(19)20)25(21,22)15-6-4-14(23-2)5-7-15/h3-7,9,11H,1,8,10,12H2,2H3,(H,19,20). The van der Waals surface area contributed by atoms with E-state index in [1.165, 1.54) is 42.7 Å². The Morgan fingerprint density at radius 3 is 2.56 bits per heavy atom. The van der Waals surface area contributed by atoms with E-state index in [4.69, 9.17) is 9.84 Å². The summed E-state index contributed by atoms with van der Waals surface area (Å²) in [5.41, 5.74) is 0.933. The van der Waals surface area contributed by atoms with E-state index in [9.17, 15) is 13.2 Å². The van der Waals surface area contributed by atoms with Gasteiger partial charge in [-0.2, -0.15) is 4.31 Å². The number of sulfonamides is 1. The Labute approximate surface area is 151 Å². The van der Waals surface area contributed by atoms with E-state index in [0.717, 1.165) is 14.7 Å². The van der Waals surface area contributed by atoms with Crippen LogP contribution in [0.5, 0.6) is 5.75 Å². The highest BCUT2D eigenvalue weighted by molar-refractivity contribution is 7.89. The molecule has 0 bridgehead atoms. The molecule has 0 radical (unpaired) electrons. The lowest BCUT2D eigenvalue weighted by atomic mass is 10.2. The van der Waals surface area contributed by atoms with Crippen molar-refractivity contribution < 1.29 is 23.1 Å². The first-order valence-corrected chi connectivity index (χ1v) is 9.75. The fourth-order valence-corrected chi connectivity index (χ4v) is 4.56.